The lowest BCUT2D eigenvalue weighted by Crippen LogP contribution is -2.30. The zero-order valence-corrected chi connectivity index (χ0v) is 18.4. The summed E-state index contributed by atoms with van der Waals surface area (Å²) in [5, 5.41) is 2.74. The molecule has 1 amide bonds. The number of hydrogen-bond acceptors (Lipinski definition) is 4. The van der Waals surface area contributed by atoms with Crippen molar-refractivity contribution >= 4 is 21.6 Å². The molecular formula is C24H26N2O4S. The molecule has 0 radical (unpaired) electrons. The van der Waals surface area contributed by atoms with E-state index in [1.165, 1.54) is 17.7 Å². The molecule has 0 aliphatic carbocycles. The highest BCUT2D eigenvalue weighted by atomic mass is 32.2. The van der Waals surface area contributed by atoms with Crippen molar-refractivity contribution in [3.63, 3.8) is 0 Å². The van der Waals surface area contributed by atoms with Crippen LogP contribution in [0.3, 0.4) is 0 Å². The van der Waals surface area contributed by atoms with E-state index in [0.29, 0.717) is 11.4 Å². The van der Waals surface area contributed by atoms with E-state index in [4.69, 9.17) is 4.74 Å². The van der Waals surface area contributed by atoms with E-state index in [1.807, 2.05) is 54.6 Å². The molecule has 0 saturated carbocycles. The molecular weight excluding hydrogens is 412 g/mol. The summed E-state index contributed by atoms with van der Waals surface area (Å²) in [5.41, 5.74) is 2.55. The summed E-state index contributed by atoms with van der Waals surface area (Å²) in [6.07, 6.45) is 0.229. The van der Waals surface area contributed by atoms with Gasteiger partial charge in [0.25, 0.3) is 5.91 Å². The lowest BCUT2D eigenvalue weighted by molar-refractivity contribution is -0.122. The minimum Gasteiger partial charge on any atom is -0.481 e. The number of hydrogen-bond donors (Lipinski definition) is 2. The number of benzene rings is 3. The van der Waals surface area contributed by atoms with Gasteiger partial charge in [0, 0.05) is 12.2 Å². The average molecular weight is 439 g/mol. The molecule has 0 spiro atoms. The van der Waals surface area contributed by atoms with Crippen LogP contribution in [0.5, 0.6) is 5.75 Å². The highest BCUT2D eigenvalue weighted by Crippen LogP contribution is 2.17. The van der Waals surface area contributed by atoms with Crippen LogP contribution in [-0.2, 0) is 27.8 Å². The van der Waals surface area contributed by atoms with Crippen LogP contribution in [-0.4, -0.2) is 20.4 Å². The van der Waals surface area contributed by atoms with Gasteiger partial charge in [0.15, 0.2) is 6.10 Å². The molecule has 0 bridgehead atoms. The fourth-order valence-corrected chi connectivity index (χ4v) is 3.90. The van der Waals surface area contributed by atoms with Gasteiger partial charge in [-0.1, -0.05) is 49.4 Å². The minimum absolute atomic E-state index is 0.127. The van der Waals surface area contributed by atoms with Crippen molar-refractivity contribution in [2.75, 3.05) is 5.32 Å². The Labute approximate surface area is 183 Å². The Kier molecular flexibility index (Phi) is 7.44. The quantitative estimate of drug-likeness (QED) is 0.526. The Morgan fingerprint density at radius 1 is 0.903 bits per heavy atom. The van der Waals surface area contributed by atoms with Gasteiger partial charge < -0.3 is 10.1 Å². The molecule has 3 aromatic rings. The van der Waals surface area contributed by atoms with Crippen LogP contribution >= 0.6 is 0 Å². The van der Waals surface area contributed by atoms with Crippen LogP contribution < -0.4 is 14.8 Å². The summed E-state index contributed by atoms with van der Waals surface area (Å²) in [5.74, 6) is 0.295. The predicted octanol–water partition coefficient (Wildman–Crippen LogP) is 4.13. The van der Waals surface area contributed by atoms with E-state index in [0.717, 1.165) is 12.0 Å². The number of anilines is 1. The summed E-state index contributed by atoms with van der Waals surface area (Å²) in [6.45, 7) is 3.94. The second-order valence-corrected chi connectivity index (χ2v) is 8.85. The number of ether oxygens (including phenoxy) is 1. The van der Waals surface area contributed by atoms with Crippen LogP contribution in [0.15, 0.2) is 83.8 Å². The number of carbonyl (C=O) groups excluding carboxylic acids is 1. The van der Waals surface area contributed by atoms with Crippen LogP contribution in [0.1, 0.15) is 25.0 Å². The zero-order chi connectivity index (χ0) is 22.3. The van der Waals surface area contributed by atoms with E-state index in [9.17, 15) is 13.2 Å². The van der Waals surface area contributed by atoms with Gasteiger partial charge in [-0.2, -0.15) is 0 Å². The molecule has 0 unspecified atom stereocenters. The first-order valence-corrected chi connectivity index (χ1v) is 11.6. The summed E-state index contributed by atoms with van der Waals surface area (Å²) < 4.78 is 33.2. The Hall–Kier alpha value is -3.16. The topological polar surface area (TPSA) is 84.5 Å². The number of rotatable bonds is 9. The van der Waals surface area contributed by atoms with E-state index in [1.54, 1.807) is 19.1 Å². The molecule has 2 N–H and O–H groups in total. The normalized spacial score (nSPS) is 12.2. The SMILES string of the molecule is CCc1ccc(O[C@H](C)C(=O)Nc2ccc(S(=O)(=O)NCc3ccccc3)cc2)cc1. The third-order valence-electron chi connectivity index (χ3n) is 4.75. The Morgan fingerprint density at radius 3 is 2.16 bits per heavy atom. The van der Waals surface area contributed by atoms with E-state index < -0.39 is 16.1 Å². The third-order valence-corrected chi connectivity index (χ3v) is 6.17. The van der Waals surface area contributed by atoms with Gasteiger partial charge in [0.2, 0.25) is 10.0 Å². The second-order valence-electron chi connectivity index (χ2n) is 7.08. The molecule has 3 aromatic carbocycles. The van der Waals surface area contributed by atoms with Gasteiger partial charge in [-0.05, 0) is 60.9 Å². The summed E-state index contributed by atoms with van der Waals surface area (Å²) in [4.78, 5) is 12.5. The molecule has 0 heterocycles. The third kappa shape index (κ3) is 6.41. The Morgan fingerprint density at radius 2 is 1.55 bits per heavy atom. The average Bonchev–Trinajstić information content (AvgIpc) is 2.79. The fraction of sp³-hybridized carbons (Fsp3) is 0.208. The highest BCUT2D eigenvalue weighted by Gasteiger charge is 2.17. The maximum atomic E-state index is 12.5. The van der Waals surface area contributed by atoms with Crippen LogP contribution in [0.25, 0.3) is 0 Å². The summed E-state index contributed by atoms with van der Waals surface area (Å²) in [7, 11) is -3.65. The predicted molar refractivity (Wildman–Crippen MR) is 121 cm³/mol. The number of aryl methyl sites for hydroxylation is 1. The Balaban J connectivity index is 1.56. The van der Waals surface area contributed by atoms with Crippen molar-refractivity contribution < 1.29 is 17.9 Å². The van der Waals surface area contributed by atoms with Gasteiger partial charge in [-0.3, -0.25) is 4.79 Å². The monoisotopic (exact) mass is 438 g/mol. The zero-order valence-electron chi connectivity index (χ0n) is 17.5. The van der Waals surface area contributed by atoms with Crippen LogP contribution in [0, 0.1) is 0 Å². The molecule has 0 saturated heterocycles. The van der Waals surface area contributed by atoms with Gasteiger partial charge in [0.05, 0.1) is 4.90 Å². The molecule has 6 nitrogen and oxygen atoms in total. The van der Waals surface area contributed by atoms with Crippen molar-refractivity contribution in [3.05, 3.63) is 90.0 Å². The lowest BCUT2D eigenvalue weighted by atomic mass is 10.2. The van der Waals surface area contributed by atoms with Gasteiger partial charge in [0.1, 0.15) is 5.75 Å². The fourth-order valence-electron chi connectivity index (χ4n) is 2.88. The molecule has 31 heavy (non-hydrogen) atoms. The second kappa shape index (κ2) is 10.2. The molecule has 0 fully saturated rings. The molecule has 0 aliphatic rings. The molecule has 7 heteroatoms. The molecule has 0 aliphatic heterocycles. The molecule has 1 atom stereocenters. The largest absolute Gasteiger partial charge is 0.481 e. The van der Waals surface area contributed by atoms with Crippen LogP contribution in [0.4, 0.5) is 5.69 Å². The van der Waals surface area contributed by atoms with Crippen molar-refractivity contribution in [3.8, 4) is 5.75 Å². The van der Waals surface area contributed by atoms with Crippen molar-refractivity contribution in [1.29, 1.82) is 0 Å². The first-order valence-electron chi connectivity index (χ1n) is 10.1. The summed E-state index contributed by atoms with van der Waals surface area (Å²) in [6, 6.07) is 22.9. The van der Waals surface area contributed by atoms with Gasteiger partial charge in [-0.15, -0.1) is 0 Å². The standard InChI is InChI=1S/C24H26N2O4S/c1-3-19-9-13-22(14-10-19)30-18(2)24(27)26-21-11-15-23(16-12-21)31(28,29)25-17-20-7-5-4-6-8-20/h4-16,18,25H,3,17H2,1-2H3,(H,26,27)/t18-/m1/s1. The molecule has 162 valence electrons. The number of carbonyl (C=O) groups is 1. The smallest absolute Gasteiger partial charge is 0.265 e. The first-order chi connectivity index (χ1) is 14.9. The molecule has 3 rings (SSSR count). The van der Waals surface area contributed by atoms with Gasteiger partial charge in [-0.25, -0.2) is 13.1 Å². The Bertz CT molecular complexity index is 1100. The maximum Gasteiger partial charge on any atom is 0.265 e. The van der Waals surface area contributed by atoms with E-state index in [2.05, 4.69) is 17.0 Å². The van der Waals surface area contributed by atoms with Crippen molar-refractivity contribution in [2.45, 2.75) is 37.8 Å². The van der Waals surface area contributed by atoms with E-state index in [-0.39, 0.29) is 17.3 Å². The van der Waals surface area contributed by atoms with Crippen molar-refractivity contribution in [2.24, 2.45) is 0 Å². The highest BCUT2D eigenvalue weighted by molar-refractivity contribution is 7.89. The molecule has 0 aromatic heterocycles. The maximum absolute atomic E-state index is 12.5. The number of amides is 1. The lowest BCUT2D eigenvalue weighted by Gasteiger charge is -2.15. The van der Waals surface area contributed by atoms with Crippen molar-refractivity contribution in [1.82, 2.24) is 4.72 Å². The number of nitrogens with one attached hydrogen (secondary N) is 2. The van der Waals surface area contributed by atoms with E-state index >= 15 is 0 Å². The number of sulfonamides is 1. The minimum atomic E-state index is -3.65. The van der Waals surface area contributed by atoms with Gasteiger partial charge >= 0.3 is 0 Å². The first kappa shape index (κ1) is 22.5. The van der Waals surface area contributed by atoms with Crippen LogP contribution in [0.2, 0.25) is 0 Å². The summed E-state index contributed by atoms with van der Waals surface area (Å²) >= 11 is 0.